The first kappa shape index (κ1) is 15.9. The molecule has 7 heteroatoms. The monoisotopic (exact) mass is 282 g/mol. The van der Waals surface area contributed by atoms with Crippen LogP contribution in [-0.2, 0) is 21.0 Å². The molecular weight excluding hydrogens is 264 g/mol. The lowest BCUT2D eigenvalue weighted by atomic mass is 10.0. The van der Waals surface area contributed by atoms with E-state index in [0.717, 1.165) is 5.56 Å². The lowest BCUT2D eigenvalue weighted by Gasteiger charge is -2.26. The minimum Gasteiger partial charge on any atom is -0.433 e. The summed E-state index contributed by atoms with van der Waals surface area (Å²) >= 11 is 0. The largest absolute Gasteiger partial charge is 0.433 e. The van der Waals surface area contributed by atoms with Gasteiger partial charge in [-0.25, -0.2) is 10.3 Å². The Morgan fingerprint density at radius 1 is 1.35 bits per heavy atom. The smallest absolute Gasteiger partial charge is 0.405 e. The Labute approximate surface area is 116 Å². The zero-order valence-electron chi connectivity index (χ0n) is 11.3. The van der Waals surface area contributed by atoms with Gasteiger partial charge in [-0.2, -0.15) is 0 Å². The molecule has 0 aliphatic carbocycles. The summed E-state index contributed by atoms with van der Waals surface area (Å²) in [6.45, 7) is 2.77. The molecule has 0 bridgehead atoms. The number of rotatable bonds is 6. The van der Waals surface area contributed by atoms with E-state index in [1.165, 1.54) is 13.8 Å². The van der Waals surface area contributed by atoms with Gasteiger partial charge in [-0.15, -0.1) is 0 Å². The first-order valence-electron chi connectivity index (χ1n) is 5.94. The normalized spacial score (nSPS) is 12.6. The summed E-state index contributed by atoms with van der Waals surface area (Å²) in [5.41, 5.74) is 6.23. The minimum absolute atomic E-state index is 0.141. The number of carbonyl (C=O) groups is 2. The molecule has 7 nitrogen and oxygen atoms in total. The van der Waals surface area contributed by atoms with Crippen LogP contribution >= 0.6 is 0 Å². The third kappa shape index (κ3) is 5.25. The third-order valence-corrected chi connectivity index (χ3v) is 2.37. The highest BCUT2D eigenvalue weighted by atomic mass is 16.7. The average molecular weight is 282 g/mol. The van der Waals surface area contributed by atoms with Crippen LogP contribution in [-0.4, -0.2) is 28.8 Å². The molecular formula is C13H18N2O5. The van der Waals surface area contributed by atoms with E-state index in [0.29, 0.717) is 0 Å². The number of aliphatic hydroxyl groups is 1. The number of benzene rings is 1. The summed E-state index contributed by atoms with van der Waals surface area (Å²) in [6.07, 6.45) is -2.62. The topological polar surface area (TPSA) is 111 Å². The van der Waals surface area contributed by atoms with Crippen molar-refractivity contribution in [2.45, 2.75) is 32.2 Å². The van der Waals surface area contributed by atoms with Crippen LogP contribution in [0.25, 0.3) is 0 Å². The standard InChI is InChI=1S/C13H18N2O5/c1-13(2,18)10(20-12(14)17)11(16)15-19-8-9-6-4-3-5-7-9/h3-7,10,18H,8H2,1-2H3,(H2,14,17)(H,15,16)/t10-/m1/s1. The number of amides is 2. The summed E-state index contributed by atoms with van der Waals surface area (Å²) in [6, 6.07) is 9.15. The van der Waals surface area contributed by atoms with Crippen LogP contribution in [0.4, 0.5) is 4.79 Å². The van der Waals surface area contributed by atoms with E-state index in [4.69, 9.17) is 10.6 Å². The van der Waals surface area contributed by atoms with Gasteiger partial charge in [0.05, 0.1) is 6.61 Å². The van der Waals surface area contributed by atoms with Crippen molar-refractivity contribution in [1.29, 1.82) is 0 Å². The number of hydrogen-bond donors (Lipinski definition) is 3. The van der Waals surface area contributed by atoms with Gasteiger partial charge in [0.15, 0.2) is 0 Å². The molecule has 1 atom stereocenters. The number of nitrogens with two attached hydrogens (primary N) is 1. The molecule has 110 valence electrons. The molecule has 1 aromatic rings. The summed E-state index contributed by atoms with van der Waals surface area (Å²) in [5.74, 6) is -0.799. The number of hydrogen-bond acceptors (Lipinski definition) is 5. The number of ether oxygens (including phenoxy) is 1. The Morgan fingerprint density at radius 2 is 1.95 bits per heavy atom. The minimum atomic E-state index is -1.59. The SMILES string of the molecule is CC(C)(O)[C@H](OC(N)=O)C(=O)NOCc1ccccc1. The second kappa shape index (κ2) is 6.88. The fraction of sp³-hybridized carbons (Fsp3) is 0.385. The molecule has 0 aliphatic heterocycles. The fourth-order valence-corrected chi connectivity index (χ4v) is 1.45. The Bertz CT molecular complexity index is 456. The van der Waals surface area contributed by atoms with E-state index < -0.39 is 23.7 Å². The van der Waals surface area contributed by atoms with Gasteiger partial charge in [0.1, 0.15) is 5.60 Å². The van der Waals surface area contributed by atoms with Gasteiger partial charge in [0.2, 0.25) is 6.10 Å². The quantitative estimate of drug-likeness (QED) is 0.657. The summed E-state index contributed by atoms with van der Waals surface area (Å²) in [5, 5.41) is 9.76. The van der Waals surface area contributed by atoms with Crippen LogP contribution in [0.15, 0.2) is 30.3 Å². The van der Waals surface area contributed by atoms with Crippen LogP contribution < -0.4 is 11.2 Å². The maximum Gasteiger partial charge on any atom is 0.405 e. The van der Waals surface area contributed by atoms with E-state index in [2.05, 4.69) is 10.2 Å². The Morgan fingerprint density at radius 3 is 2.45 bits per heavy atom. The van der Waals surface area contributed by atoms with Crippen LogP contribution in [0.1, 0.15) is 19.4 Å². The maximum absolute atomic E-state index is 11.8. The fourth-order valence-electron chi connectivity index (χ4n) is 1.45. The Kier molecular flexibility index (Phi) is 5.48. The molecule has 4 N–H and O–H groups in total. The van der Waals surface area contributed by atoms with Crippen molar-refractivity contribution >= 4 is 12.0 Å². The maximum atomic E-state index is 11.8. The van der Waals surface area contributed by atoms with Crippen molar-refractivity contribution in [1.82, 2.24) is 5.48 Å². The van der Waals surface area contributed by atoms with Gasteiger partial charge in [0.25, 0.3) is 5.91 Å². The molecule has 20 heavy (non-hydrogen) atoms. The van der Waals surface area contributed by atoms with Crippen LogP contribution in [0.5, 0.6) is 0 Å². The van der Waals surface area contributed by atoms with Crippen molar-refractivity contribution in [3.8, 4) is 0 Å². The number of hydroxylamine groups is 1. The van der Waals surface area contributed by atoms with Gasteiger partial charge in [-0.1, -0.05) is 30.3 Å². The van der Waals surface area contributed by atoms with E-state index >= 15 is 0 Å². The van der Waals surface area contributed by atoms with Gasteiger partial charge < -0.3 is 15.6 Å². The summed E-state index contributed by atoms with van der Waals surface area (Å²) in [7, 11) is 0. The van der Waals surface area contributed by atoms with Crippen LogP contribution in [0.2, 0.25) is 0 Å². The molecule has 0 saturated heterocycles. The second-order valence-corrected chi connectivity index (χ2v) is 4.71. The number of nitrogens with one attached hydrogen (secondary N) is 1. The lowest BCUT2D eigenvalue weighted by molar-refractivity contribution is -0.155. The first-order valence-corrected chi connectivity index (χ1v) is 5.94. The molecule has 0 unspecified atom stereocenters. The van der Waals surface area contributed by atoms with Gasteiger partial charge in [0, 0.05) is 0 Å². The first-order chi connectivity index (χ1) is 9.30. The van der Waals surface area contributed by atoms with Crippen molar-refractivity contribution in [2.75, 3.05) is 0 Å². The highest BCUT2D eigenvalue weighted by Crippen LogP contribution is 2.13. The molecule has 2 amide bonds. The average Bonchev–Trinajstić information content (AvgIpc) is 2.35. The van der Waals surface area contributed by atoms with E-state index in [-0.39, 0.29) is 6.61 Å². The Hall–Kier alpha value is -2.12. The van der Waals surface area contributed by atoms with Crippen molar-refractivity contribution in [3.63, 3.8) is 0 Å². The molecule has 0 radical (unpaired) electrons. The highest BCUT2D eigenvalue weighted by molar-refractivity contribution is 5.83. The molecule has 0 saturated carbocycles. The van der Waals surface area contributed by atoms with E-state index in [1.54, 1.807) is 0 Å². The van der Waals surface area contributed by atoms with Crippen molar-refractivity contribution in [3.05, 3.63) is 35.9 Å². The molecule has 0 heterocycles. The van der Waals surface area contributed by atoms with Crippen LogP contribution in [0.3, 0.4) is 0 Å². The lowest BCUT2D eigenvalue weighted by Crippen LogP contribution is -2.51. The highest BCUT2D eigenvalue weighted by Gasteiger charge is 2.36. The van der Waals surface area contributed by atoms with Gasteiger partial charge in [-0.05, 0) is 19.4 Å². The molecule has 1 rings (SSSR count). The Balaban J connectivity index is 2.52. The van der Waals surface area contributed by atoms with Gasteiger partial charge >= 0.3 is 6.09 Å². The zero-order valence-corrected chi connectivity index (χ0v) is 11.3. The van der Waals surface area contributed by atoms with E-state index in [9.17, 15) is 14.7 Å². The molecule has 1 aromatic carbocycles. The number of carbonyl (C=O) groups excluding carboxylic acids is 2. The predicted octanol–water partition coefficient (Wildman–Crippen LogP) is 0.469. The predicted molar refractivity (Wildman–Crippen MR) is 70.1 cm³/mol. The van der Waals surface area contributed by atoms with Crippen molar-refractivity contribution < 1.29 is 24.3 Å². The number of primary amides is 1. The molecule has 0 aromatic heterocycles. The summed E-state index contributed by atoms with van der Waals surface area (Å²) < 4.78 is 4.58. The summed E-state index contributed by atoms with van der Waals surface area (Å²) in [4.78, 5) is 27.5. The molecule has 0 spiro atoms. The second-order valence-electron chi connectivity index (χ2n) is 4.71. The zero-order chi connectivity index (χ0) is 15.2. The van der Waals surface area contributed by atoms with Crippen molar-refractivity contribution in [2.24, 2.45) is 5.73 Å². The van der Waals surface area contributed by atoms with Gasteiger partial charge in [-0.3, -0.25) is 9.63 Å². The third-order valence-electron chi connectivity index (χ3n) is 2.37. The molecule has 0 fully saturated rings. The molecule has 0 aliphatic rings. The van der Waals surface area contributed by atoms with E-state index in [1.807, 2.05) is 30.3 Å². The van der Waals surface area contributed by atoms with Crippen LogP contribution in [0, 0.1) is 0 Å².